The smallest absolute Gasteiger partial charge is 0.317 e. The highest BCUT2D eigenvalue weighted by atomic mass is 32.2. The SMILES string of the molecule is O=C(NCc1ccoc1)N1CCSCC1. The van der Waals surface area contributed by atoms with Gasteiger partial charge in [-0.3, -0.25) is 0 Å². The standard InChI is InChI=1S/C10H14N2O2S/c13-10(12-2-5-15-6-3-12)11-7-9-1-4-14-8-9/h1,4,8H,2-3,5-7H2,(H,11,13). The van der Waals surface area contributed by atoms with Gasteiger partial charge in [-0.15, -0.1) is 0 Å². The number of hydrogen-bond donors (Lipinski definition) is 1. The largest absolute Gasteiger partial charge is 0.472 e. The highest BCUT2D eigenvalue weighted by Gasteiger charge is 2.15. The summed E-state index contributed by atoms with van der Waals surface area (Å²) in [4.78, 5) is 13.5. The molecule has 1 aliphatic heterocycles. The first-order chi connectivity index (χ1) is 7.36. The van der Waals surface area contributed by atoms with Crippen molar-refractivity contribution in [3.05, 3.63) is 24.2 Å². The Labute approximate surface area is 93.0 Å². The van der Waals surface area contributed by atoms with Gasteiger partial charge < -0.3 is 14.6 Å². The van der Waals surface area contributed by atoms with Crippen molar-refractivity contribution in [3.8, 4) is 0 Å². The summed E-state index contributed by atoms with van der Waals surface area (Å²) in [6.07, 6.45) is 3.26. The van der Waals surface area contributed by atoms with Crippen LogP contribution in [0, 0.1) is 0 Å². The van der Waals surface area contributed by atoms with E-state index in [2.05, 4.69) is 5.32 Å². The van der Waals surface area contributed by atoms with Crippen LogP contribution >= 0.6 is 11.8 Å². The first kappa shape index (κ1) is 10.4. The molecule has 0 bridgehead atoms. The molecule has 0 aliphatic carbocycles. The molecule has 15 heavy (non-hydrogen) atoms. The van der Waals surface area contributed by atoms with Crippen LogP contribution in [0.3, 0.4) is 0 Å². The van der Waals surface area contributed by atoms with Gasteiger partial charge in [0.05, 0.1) is 12.5 Å². The van der Waals surface area contributed by atoms with Crippen LogP contribution in [-0.2, 0) is 6.54 Å². The number of rotatable bonds is 2. The molecule has 0 atom stereocenters. The minimum atomic E-state index is 0.0245. The summed E-state index contributed by atoms with van der Waals surface area (Å²) in [5.41, 5.74) is 0.995. The third kappa shape index (κ3) is 2.92. The second-order valence-electron chi connectivity index (χ2n) is 3.39. The van der Waals surface area contributed by atoms with Crippen LogP contribution in [0.2, 0.25) is 0 Å². The maximum absolute atomic E-state index is 11.7. The van der Waals surface area contributed by atoms with Crippen molar-refractivity contribution in [1.82, 2.24) is 10.2 Å². The Morgan fingerprint density at radius 1 is 1.53 bits per heavy atom. The van der Waals surface area contributed by atoms with Gasteiger partial charge in [-0.05, 0) is 6.07 Å². The molecular formula is C10H14N2O2S. The van der Waals surface area contributed by atoms with E-state index in [9.17, 15) is 4.79 Å². The molecule has 82 valence electrons. The Bertz CT molecular complexity index is 307. The molecule has 1 aromatic heterocycles. The van der Waals surface area contributed by atoms with Crippen molar-refractivity contribution in [1.29, 1.82) is 0 Å². The third-order valence-electron chi connectivity index (χ3n) is 2.32. The van der Waals surface area contributed by atoms with Crippen LogP contribution in [0.1, 0.15) is 5.56 Å². The summed E-state index contributed by atoms with van der Waals surface area (Å²) < 4.78 is 4.92. The van der Waals surface area contributed by atoms with Crippen molar-refractivity contribution in [3.63, 3.8) is 0 Å². The Kier molecular flexibility index (Phi) is 3.55. The second-order valence-corrected chi connectivity index (χ2v) is 4.61. The molecule has 0 unspecified atom stereocenters. The zero-order valence-corrected chi connectivity index (χ0v) is 9.26. The maximum Gasteiger partial charge on any atom is 0.317 e. The molecule has 0 spiro atoms. The number of nitrogens with one attached hydrogen (secondary N) is 1. The van der Waals surface area contributed by atoms with Crippen LogP contribution in [-0.4, -0.2) is 35.5 Å². The van der Waals surface area contributed by atoms with Crippen molar-refractivity contribution < 1.29 is 9.21 Å². The van der Waals surface area contributed by atoms with Gasteiger partial charge >= 0.3 is 6.03 Å². The van der Waals surface area contributed by atoms with Crippen LogP contribution in [0.5, 0.6) is 0 Å². The molecule has 4 nitrogen and oxygen atoms in total. The van der Waals surface area contributed by atoms with Crippen LogP contribution < -0.4 is 5.32 Å². The lowest BCUT2D eigenvalue weighted by Crippen LogP contribution is -2.43. The molecule has 2 heterocycles. The molecule has 1 fully saturated rings. The molecule has 1 N–H and O–H groups in total. The summed E-state index contributed by atoms with van der Waals surface area (Å²) in [5, 5.41) is 2.87. The predicted molar refractivity (Wildman–Crippen MR) is 59.8 cm³/mol. The number of hydrogen-bond acceptors (Lipinski definition) is 3. The number of thioether (sulfide) groups is 1. The summed E-state index contributed by atoms with van der Waals surface area (Å²) in [5.74, 6) is 2.08. The van der Waals surface area contributed by atoms with Crippen molar-refractivity contribution in [2.24, 2.45) is 0 Å². The number of nitrogens with zero attached hydrogens (tertiary/aromatic N) is 1. The predicted octanol–water partition coefficient (Wildman–Crippen LogP) is 1.54. The molecule has 1 aliphatic rings. The van der Waals surface area contributed by atoms with E-state index in [0.29, 0.717) is 6.54 Å². The lowest BCUT2D eigenvalue weighted by molar-refractivity contribution is 0.202. The fourth-order valence-corrected chi connectivity index (χ4v) is 2.35. The lowest BCUT2D eigenvalue weighted by Gasteiger charge is -2.26. The van der Waals surface area contributed by atoms with Crippen molar-refractivity contribution >= 4 is 17.8 Å². The number of amides is 2. The van der Waals surface area contributed by atoms with Gasteiger partial charge in [0.1, 0.15) is 0 Å². The van der Waals surface area contributed by atoms with Gasteiger partial charge in [-0.25, -0.2) is 4.79 Å². The normalized spacial score (nSPS) is 16.4. The zero-order valence-electron chi connectivity index (χ0n) is 8.44. The van der Waals surface area contributed by atoms with Crippen LogP contribution in [0.25, 0.3) is 0 Å². The van der Waals surface area contributed by atoms with Gasteiger partial charge in [0.2, 0.25) is 0 Å². The fraction of sp³-hybridized carbons (Fsp3) is 0.500. The number of furan rings is 1. The van der Waals surface area contributed by atoms with E-state index in [4.69, 9.17) is 4.42 Å². The Morgan fingerprint density at radius 2 is 2.33 bits per heavy atom. The van der Waals surface area contributed by atoms with Crippen molar-refractivity contribution in [2.45, 2.75) is 6.54 Å². The second kappa shape index (κ2) is 5.11. The zero-order chi connectivity index (χ0) is 10.5. The third-order valence-corrected chi connectivity index (χ3v) is 3.26. The first-order valence-corrected chi connectivity index (χ1v) is 6.13. The highest BCUT2D eigenvalue weighted by molar-refractivity contribution is 7.99. The number of carbonyl (C=O) groups excluding carboxylic acids is 1. The Balaban J connectivity index is 1.76. The van der Waals surface area contributed by atoms with Crippen LogP contribution in [0.15, 0.2) is 23.0 Å². The molecule has 5 heteroatoms. The van der Waals surface area contributed by atoms with E-state index in [0.717, 1.165) is 30.2 Å². The fourth-order valence-electron chi connectivity index (χ4n) is 1.45. The van der Waals surface area contributed by atoms with E-state index < -0.39 is 0 Å². The molecule has 2 rings (SSSR count). The summed E-state index contributed by atoms with van der Waals surface area (Å²) in [6.45, 7) is 2.24. The summed E-state index contributed by atoms with van der Waals surface area (Å²) >= 11 is 1.90. The molecule has 1 saturated heterocycles. The number of carbonyl (C=O) groups is 1. The molecule has 0 saturated carbocycles. The highest BCUT2D eigenvalue weighted by Crippen LogP contribution is 2.09. The molecule has 1 aromatic rings. The minimum absolute atomic E-state index is 0.0245. The quantitative estimate of drug-likeness (QED) is 0.832. The summed E-state index contributed by atoms with van der Waals surface area (Å²) in [6, 6.07) is 1.88. The molecule has 2 amide bonds. The van der Waals surface area contributed by atoms with E-state index in [1.165, 1.54) is 0 Å². The number of urea groups is 1. The average Bonchev–Trinajstić information content (AvgIpc) is 2.80. The van der Waals surface area contributed by atoms with Crippen molar-refractivity contribution in [2.75, 3.05) is 24.6 Å². The van der Waals surface area contributed by atoms with Gasteiger partial charge in [0, 0.05) is 36.7 Å². The minimum Gasteiger partial charge on any atom is -0.472 e. The average molecular weight is 226 g/mol. The van der Waals surface area contributed by atoms with E-state index in [1.54, 1.807) is 12.5 Å². The Hall–Kier alpha value is -1.10. The van der Waals surface area contributed by atoms with Gasteiger partial charge in [-0.1, -0.05) is 0 Å². The lowest BCUT2D eigenvalue weighted by atomic mass is 10.3. The first-order valence-electron chi connectivity index (χ1n) is 4.98. The monoisotopic (exact) mass is 226 g/mol. The molecular weight excluding hydrogens is 212 g/mol. The van der Waals surface area contributed by atoms with E-state index in [-0.39, 0.29) is 6.03 Å². The van der Waals surface area contributed by atoms with E-state index >= 15 is 0 Å². The molecule has 0 radical (unpaired) electrons. The Morgan fingerprint density at radius 3 is 3.00 bits per heavy atom. The van der Waals surface area contributed by atoms with Gasteiger partial charge in [0.15, 0.2) is 0 Å². The van der Waals surface area contributed by atoms with Gasteiger partial charge in [0.25, 0.3) is 0 Å². The summed E-state index contributed by atoms with van der Waals surface area (Å²) in [7, 11) is 0. The topological polar surface area (TPSA) is 45.5 Å². The van der Waals surface area contributed by atoms with E-state index in [1.807, 2.05) is 22.7 Å². The van der Waals surface area contributed by atoms with Crippen LogP contribution in [0.4, 0.5) is 4.79 Å². The maximum atomic E-state index is 11.7. The van der Waals surface area contributed by atoms with Gasteiger partial charge in [-0.2, -0.15) is 11.8 Å². The molecule has 0 aromatic carbocycles.